The number of benzene rings is 1. The molecule has 1 aromatic carbocycles. The fraction of sp³-hybridized carbons (Fsp3) is 0.176. The van der Waals surface area contributed by atoms with Gasteiger partial charge in [-0.2, -0.15) is 0 Å². The van der Waals surface area contributed by atoms with E-state index in [0.29, 0.717) is 17.3 Å². The van der Waals surface area contributed by atoms with E-state index in [0.717, 1.165) is 11.3 Å². The van der Waals surface area contributed by atoms with Crippen LogP contribution in [-0.4, -0.2) is 25.1 Å². The lowest BCUT2D eigenvalue weighted by molar-refractivity contribution is -0.111. The average molecular weight is 298 g/mol. The molecule has 1 amide bonds. The predicted octanol–water partition coefficient (Wildman–Crippen LogP) is 3.06. The first kappa shape index (κ1) is 15.6. The van der Waals surface area contributed by atoms with E-state index in [2.05, 4.69) is 10.3 Å². The van der Waals surface area contributed by atoms with Crippen LogP contribution in [0.15, 0.2) is 42.5 Å². The first-order valence-electron chi connectivity index (χ1n) is 6.76. The van der Waals surface area contributed by atoms with E-state index in [9.17, 15) is 4.79 Å². The smallest absolute Gasteiger partial charge is 0.249 e. The van der Waals surface area contributed by atoms with Gasteiger partial charge in [0.25, 0.3) is 0 Å². The van der Waals surface area contributed by atoms with Crippen molar-refractivity contribution in [1.82, 2.24) is 4.98 Å². The quantitative estimate of drug-likeness (QED) is 0.862. The molecule has 0 aliphatic carbocycles. The summed E-state index contributed by atoms with van der Waals surface area (Å²) in [5.74, 6) is 1.61. The maximum absolute atomic E-state index is 11.9. The highest BCUT2D eigenvalue weighted by Crippen LogP contribution is 2.23. The molecule has 0 saturated heterocycles. The highest BCUT2D eigenvalue weighted by atomic mass is 16.5. The summed E-state index contributed by atoms with van der Waals surface area (Å²) >= 11 is 0. The summed E-state index contributed by atoms with van der Waals surface area (Å²) in [6, 6.07) is 10.9. The standard InChI is InChI=1S/C17H18N2O3/c1-12-5-4-6-16(18-12)19-17(20)8-7-13-9-14(21-2)11-15(10-13)22-3/h4-11H,1-3H3,(H,18,19,20)/b8-7+. The number of carbonyl (C=O) groups is 1. The van der Waals surface area contributed by atoms with E-state index in [-0.39, 0.29) is 5.91 Å². The molecule has 2 rings (SSSR count). The van der Waals surface area contributed by atoms with Crippen LogP contribution in [0.25, 0.3) is 6.08 Å². The third-order valence-electron chi connectivity index (χ3n) is 2.94. The summed E-state index contributed by atoms with van der Waals surface area (Å²) in [4.78, 5) is 16.1. The van der Waals surface area contributed by atoms with Crippen molar-refractivity contribution in [3.63, 3.8) is 0 Å². The highest BCUT2D eigenvalue weighted by molar-refractivity contribution is 6.01. The van der Waals surface area contributed by atoms with Crippen LogP contribution in [0.5, 0.6) is 11.5 Å². The number of nitrogens with zero attached hydrogens (tertiary/aromatic N) is 1. The molecule has 0 saturated carbocycles. The number of aromatic nitrogens is 1. The molecule has 22 heavy (non-hydrogen) atoms. The lowest BCUT2D eigenvalue weighted by Gasteiger charge is -2.06. The molecule has 5 nitrogen and oxygen atoms in total. The van der Waals surface area contributed by atoms with Gasteiger partial charge in [0, 0.05) is 17.8 Å². The van der Waals surface area contributed by atoms with E-state index in [1.807, 2.05) is 31.2 Å². The third kappa shape index (κ3) is 4.34. The maximum Gasteiger partial charge on any atom is 0.249 e. The minimum atomic E-state index is -0.250. The number of ether oxygens (including phenoxy) is 2. The number of anilines is 1. The Morgan fingerprint density at radius 2 is 1.82 bits per heavy atom. The van der Waals surface area contributed by atoms with Gasteiger partial charge in [-0.25, -0.2) is 4.98 Å². The summed E-state index contributed by atoms with van der Waals surface area (Å²) in [7, 11) is 3.16. The van der Waals surface area contributed by atoms with Crippen LogP contribution in [0, 0.1) is 6.92 Å². The second-order valence-electron chi connectivity index (χ2n) is 4.63. The van der Waals surface area contributed by atoms with Crippen LogP contribution in [-0.2, 0) is 4.79 Å². The first-order chi connectivity index (χ1) is 10.6. The maximum atomic E-state index is 11.9. The number of hydrogen-bond acceptors (Lipinski definition) is 4. The Bertz CT molecular complexity index is 674. The van der Waals surface area contributed by atoms with Crippen molar-refractivity contribution in [1.29, 1.82) is 0 Å². The van der Waals surface area contributed by atoms with Crippen molar-refractivity contribution < 1.29 is 14.3 Å². The summed E-state index contributed by atoms with van der Waals surface area (Å²) < 4.78 is 10.4. The topological polar surface area (TPSA) is 60.5 Å². The van der Waals surface area contributed by atoms with Crippen LogP contribution in [0.4, 0.5) is 5.82 Å². The Hall–Kier alpha value is -2.82. The van der Waals surface area contributed by atoms with Crippen molar-refractivity contribution in [3.8, 4) is 11.5 Å². The summed E-state index contributed by atoms with van der Waals surface area (Å²) in [5, 5.41) is 2.71. The highest BCUT2D eigenvalue weighted by Gasteiger charge is 2.02. The van der Waals surface area contributed by atoms with Crippen LogP contribution in [0.2, 0.25) is 0 Å². The van der Waals surface area contributed by atoms with Gasteiger partial charge >= 0.3 is 0 Å². The first-order valence-corrected chi connectivity index (χ1v) is 6.76. The summed E-state index contributed by atoms with van der Waals surface area (Å²) in [6.45, 7) is 1.87. The number of pyridine rings is 1. The second kappa shape index (κ2) is 7.26. The molecule has 0 fully saturated rings. The predicted molar refractivity (Wildman–Crippen MR) is 86.2 cm³/mol. The molecular weight excluding hydrogens is 280 g/mol. The van der Waals surface area contributed by atoms with Crippen LogP contribution in [0.1, 0.15) is 11.3 Å². The second-order valence-corrected chi connectivity index (χ2v) is 4.63. The minimum absolute atomic E-state index is 0.250. The van der Waals surface area contributed by atoms with Gasteiger partial charge in [0.05, 0.1) is 14.2 Å². The fourth-order valence-corrected chi connectivity index (χ4v) is 1.88. The molecule has 1 N–H and O–H groups in total. The molecule has 0 unspecified atom stereocenters. The zero-order chi connectivity index (χ0) is 15.9. The largest absolute Gasteiger partial charge is 0.497 e. The molecule has 0 spiro atoms. The summed E-state index contributed by atoms with van der Waals surface area (Å²) in [5.41, 5.74) is 1.66. The van der Waals surface area contributed by atoms with Crippen molar-refractivity contribution in [3.05, 3.63) is 53.7 Å². The molecule has 114 valence electrons. The zero-order valence-electron chi connectivity index (χ0n) is 12.8. The van der Waals surface area contributed by atoms with Gasteiger partial charge in [-0.3, -0.25) is 4.79 Å². The number of amides is 1. The molecule has 5 heteroatoms. The lowest BCUT2D eigenvalue weighted by Crippen LogP contribution is -2.09. The van der Waals surface area contributed by atoms with E-state index in [1.54, 1.807) is 32.4 Å². The molecule has 0 radical (unpaired) electrons. The van der Waals surface area contributed by atoms with Gasteiger partial charge in [-0.1, -0.05) is 6.07 Å². The fourth-order valence-electron chi connectivity index (χ4n) is 1.88. The van der Waals surface area contributed by atoms with E-state index < -0.39 is 0 Å². The molecule has 1 aromatic heterocycles. The van der Waals surface area contributed by atoms with E-state index in [4.69, 9.17) is 9.47 Å². The number of hydrogen-bond donors (Lipinski definition) is 1. The molecule has 0 atom stereocenters. The Morgan fingerprint density at radius 3 is 2.41 bits per heavy atom. The number of aryl methyl sites for hydroxylation is 1. The molecule has 0 aliphatic rings. The van der Waals surface area contributed by atoms with Gasteiger partial charge in [0.2, 0.25) is 5.91 Å². The Kier molecular flexibility index (Phi) is 5.14. The number of nitrogens with one attached hydrogen (secondary N) is 1. The average Bonchev–Trinajstić information content (AvgIpc) is 2.52. The lowest BCUT2D eigenvalue weighted by atomic mass is 10.2. The number of rotatable bonds is 5. The zero-order valence-corrected chi connectivity index (χ0v) is 12.8. The van der Waals surface area contributed by atoms with Crippen LogP contribution < -0.4 is 14.8 Å². The number of methoxy groups -OCH3 is 2. The molecule has 0 bridgehead atoms. The van der Waals surface area contributed by atoms with E-state index >= 15 is 0 Å². The van der Waals surface area contributed by atoms with Crippen molar-refractivity contribution in [2.75, 3.05) is 19.5 Å². The minimum Gasteiger partial charge on any atom is -0.497 e. The van der Waals surface area contributed by atoms with Crippen LogP contribution >= 0.6 is 0 Å². The van der Waals surface area contributed by atoms with Gasteiger partial charge in [-0.05, 0) is 42.8 Å². The van der Waals surface area contributed by atoms with E-state index in [1.165, 1.54) is 6.08 Å². The third-order valence-corrected chi connectivity index (χ3v) is 2.94. The molecule has 2 aromatic rings. The SMILES string of the molecule is COc1cc(/C=C/C(=O)Nc2cccc(C)n2)cc(OC)c1. The normalized spacial score (nSPS) is 10.5. The van der Waals surface area contributed by atoms with Crippen molar-refractivity contribution in [2.45, 2.75) is 6.92 Å². The Morgan fingerprint density at radius 1 is 1.14 bits per heavy atom. The Balaban J connectivity index is 2.09. The summed E-state index contributed by atoms with van der Waals surface area (Å²) in [6.07, 6.45) is 3.13. The Labute approximate surface area is 129 Å². The van der Waals surface area contributed by atoms with Gasteiger partial charge in [0.1, 0.15) is 17.3 Å². The molecular formula is C17H18N2O3. The van der Waals surface area contributed by atoms with Gasteiger partial charge in [0.15, 0.2) is 0 Å². The van der Waals surface area contributed by atoms with Gasteiger partial charge in [-0.15, -0.1) is 0 Å². The number of carbonyl (C=O) groups excluding carboxylic acids is 1. The molecule has 1 heterocycles. The van der Waals surface area contributed by atoms with Crippen molar-refractivity contribution in [2.24, 2.45) is 0 Å². The van der Waals surface area contributed by atoms with Crippen LogP contribution in [0.3, 0.4) is 0 Å². The van der Waals surface area contributed by atoms with Crippen molar-refractivity contribution >= 4 is 17.8 Å². The van der Waals surface area contributed by atoms with Gasteiger partial charge < -0.3 is 14.8 Å². The molecule has 0 aliphatic heterocycles. The monoisotopic (exact) mass is 298 g/mol.